The summed E-state index contributed by atoms with van der Waals surface area (Å²) in [5, 5.41) is 28.5. The van der Waals surface area contributed by atoms with Crippen molar-refractivity contribution in [1.29, 1.82) is 0 Å². The van der Waals surface area contributed by atoms with Crippen LogP contribution in [0.15, 0.2) is 75.2 Å². The Morgan fingerprint density at radius 3 is 2.53 bits per heavy atom. The van der Waals surface area contributed by atoms with Gasteiger partial charge >= 0.3 is 12.0 Å². The third kappa shape index (κ3) is 11.6. The SMILES string of the molecule is CCOC(=O)C1=C(CN2CCN3C(=O)N(CC(C)(C)C(=O)NCCCCCCOc4cc5c(cc4OC)-c4cc(=O)c(C(O)O)cn4C(C(C)(C)C)C5)C[C@@H]3C2)NC(c2nccs2)=N[C@H]1c1cccc(F)c1Cl. The van der Waals surface area contributed by atoms with Crippen molar-refractivity contribution in [3.05, 3.63) is 108 Å². The van der Waals surface area contributed by atoms with Crippen molar-refractivity contribution in [2.45, 2.75) is 98.1 Å². The van der Waals surface area contributed by atoms with Crippen LogP contribution < -0.4 is 25.5 Å². The number of halogens is 2. The highest BCUT2D eigenvalue weighted by atomic mass is 35.5. The summed E-state index contributed by atoms with van der Waals surface area (Å²) in [5.41, 5.74) is 2.03. The lowest BCUT2D eigenvalue weighted by atomic mass is 9.78. The van der Waals surface area contributed by atoms with Gasteiger partial charge in [-0.1, -0.05) is 57.3 Å². The number of nitrogens with one attached hydrogen (secondary N) is 2. The summed E-state index contributed by atoms with van der Waals surface area (Å²) in [6.45, 7) is 15.3. The number of esters is 1. The van der Waals surface area contributed by atoms with Crippen molar-refractivity contribution >= 4 is 46.7 Å². The molecular weight excluding hydrogens is 979 g/mol. The molecule has 2 aromatic heterocycles. The molecule has 4 N–H and O–H groups in total. The Kier molecular flexibility index (Phi) is 16.3. The molecule has 20 heteroatoms. The first-order chi connectivity index (χ1) is 34.8. The second kappa shape index (κ2) is 22.3. The molecule has 392 valence electrons. The number of thiazole rings is 1. The van der Waals surface area contributed by atoms with Crippen molar-refractivity contribution in [1.82, 2.24) is 34.9 Å². The maximum atomic E-state index is 14.8. The first-order valence-corrected chi connectivity index (χ1v) is 26.2. The minimum absolute atomic E-state index is 0.0596. The van der Waals surface area contributed by atoms with E-state index in [1.54, 1.807) is 37.4 Å². The molecule has 6 heterocycles. The van der Waals surface area contributed by atoms with Crippen LogP contribution in [0.3, 0.4) is 0 Å². The molecule has 73 heavy (non-hydrogen) atoms. The Balaban J connectivity index is 0.821. The monoisotopic (exact) mass is 1040 g/mol. The largest absolute Gasteiger partial charge is 0.493 e. The maximum absolute atomic E-state index is 14.8. The number of carbonyl (C=O) groups is 3. The second-order valence-corrected chi connectivity index (χ2v) is 22.0. The number of benzene rings is 2. The smallest absolute Gasteiger partial charge is 0.338 e. The van der Waals surface area contributed by atoms with E-state index < -0.39 is 35.0 Å². The molecule has 0 spiro atoms. The zero-order valence-corrected chi connectivity index (χ0v) is 44.1. The Hall–Kier alpha value is -5.86. The molecule has 2 fully saturated rings. The fourth-order valence-electron chi connectivity index (χ4n) is 10.2. The van der Waals surface area contributed by atoms with E-state index in [4.69, 9.17) is 30.8 Å². The van der Waals surface area contributed by atoms with Gasteiger partial charge in [-0.15, -0.1) is 11.3 Å². The Morgan fingerprint density at radius 1 is 1.04 bits per heavy atom. The molecule has 1 unspecified atom stereocenters. The van der Waals surface area contributed by atoms with Gasteiger partial charge in [0.2, 0.25) is 5.91 Å². The number of urea groups is 1. The van der Waals surface area contributed by atoms with E-state index in [2.05, 4.69) is 41.3 Å². The number of hydrogen-bond donors (Lipinski definition) is 4. The van der Waals surface area contributed by atoms with Crippen molar-refractivity contribution in [2.75, 3.05) is 66.1 Å². The van der Waals surface area contributed by atoms with Gasteiger partial charge in [-0.3, -0.25) is 19.5 Å². The van der Waals surface area contributed by atoms with Gasteiger partial charge in [0.1, 0.15) is 11.9 Å². The van der Waals surface area contributed by atoms with Crippen LogP contribution in [0.4, 0.5) is 9.18 Å². The molecule has 0 bridgehead atoms. The number of unbranched alkanes of at least 4 members (excludes halogenated alkanes) is 3. The highest BCUT2D eigenvalue weighted by Crippen LogP contribution is 2.46. The van der Waals surface area contributed by atoms with Crippen molar-refractivity contribution < 1.29 is 43.2 Å². The fourth-order valence-corrected chi connectivity index (χ4v) is 11.0. The lowest BCUT2D eigenvalue weighted by molar-refractivity contribution is -0.139. The number of aliphatic hydroxyl groups excluding tert-OH is 1. The summed E-state index contributed by atoms with van der Waals surface area (Å²) in [5.74, 6) is 0.221. The topological polar surface area (TPSA) is 200 Å². The average Bonchev–Trinajstić information content (AvgIpc) is 3.99. The van der Waals surface area contributed by atoms with Crippen LogP contribution in [-0.2, 0) is 20.7 Å². The molecule has 0 aliphatic carbocycles. The van der Waals surface area contributed by atoms with Gasteiger partial charge in [-0.25, -0.2) is 19.0 Å². The van der Waals surface area contributed by atoms with Gasteiger partial charge in [0.15, 0.2) is 34.1 Å². The van der Waals surface area contributed by atoms with Gasteiger partial charge in [-0.2, -0.15) is 0 Å². The Bertz CT molecular complexity index is 2830. The molecule has 4 aliphatic rings. The van der Waals surface area contributed by atoms with Gasteiger partial charge in [0, 0.05) is 92.5 Å². The van der Waals surface area contributed by atoms with E-state index >= 15 is 0 Å². The number of aliphatic imine (C=N–C) groups is 1. The van der Waals surface area contributed by atoms with Crippen LogP contribution in [-0.4, -0.2) is 130 Å². The number of pyridine rings is 1. The van der Waals surface area contributed by atoms with Crippen LogP contribution in [0, 0.1) is 16.6 Å². The third-order valence-electron chi connectivity index (χ3n) is 14.0. The minimum Gasteiger partial charge on any atom is -0.493 e. The summed E-state index contributed by atoms with van der Waals surface area (Å²) in [6, 6.07) is 8.47. The standard InChI is InChI=1S/C53H66ClFN8O9S/c1-8-71-49(67)43-37(58-46(47-56-17-21-73-47)59-45(43)33-14-13-15-36(55)44(33)54)29-60-18-19-62-32(26-60)27-61(51(62)69)30-53(5,6)50(68)57-16-11-9-10-12-20-72-41-22-31-23-42(52(2,3)4)63-28-35(48(65)66)39(64)25-38(63)34(31)24-40(41)70-7/h13-15,17,21-22,24-25,28,32,42,45,48,65-66H,8-12,16,18-20,23,26-27,29-30H2,1-7H3,(H,57,68)(H,58,59)/t32-,42?,45-/m0/s1. The summed E-state index contributed by atoms with van der Waals surface area (Å²) >= 11 is 7.88. The van der Waals surface area contributed by atoms with E-state index in [9.17, 15) is 33.8 Å². The molecule has 4 aromatic rings. The molecule has 8 rings (SSSR count). The van der Waals surface area contributed by atoms with Crippen LogP contribution in [0.1, 0.15) is 107 Å². The number of hydrogen-bond acceptors (Lipinski definition) is 14. The lowest BCUT2D eigenvalue weighted by Gasteiger charge is -2.39. The van der Waals surface area contributed by atoms with E-state index in [0.717, 1.165) is 36.8 Å². The number of nitrogens with zero attached hydrogens (tertiary/aromatic N) is 6. The van der Waals surface area contributed by atoms with Crippen molar-refractivity contribution in [2.24, 2.45) is 15.8 Å². The maximum Gasteiger partial charge on any atom is 0.338 e. The summed E-state index contributed by atoms with van der Waals surface area (Å²) < 4.78 is 34.3. The first kappa shape index (κ1) is 53.4. The number of amides is 3. The number of aliphatic hydroxyl groups is 2. The zero-order valence-electron chi connectivity index (χ0n) is 42.5. The quantitative estimate of drug-likeness (QED) is 0.0426. The van der Waals surface area contributed by atoms with Gasteiger partial charge in [-0.05, 0) is 69.2 Å². The summed E-state index contributed by atoms with van der Waals surface area (Å²) in [6.07, 6.45) is 5.31. The number of methoxy groups -OCH3 is 1. The van der Waals surface area contributed by atoms with Gasteiger partial charge < -0.3 is 49.4 Å². The molecule has 3 atom stereocenters. The van der Waals surface area contributed by atoms with Crippen LogP contribution >= 0.6 is 22.9 Å². The van der Waals surface area contributed by atoms with Crippen molar-refractivity contribution in [3.8, 4) is 22.8 Å². The number of aromatic nitrogens is 2. The molecule has 2 saturated heterocycles. The zero-order chi connectivity index (χ0) is 52.4. The average molecular weight is 1050 g/mol. The molecule has 3 amide bonds. The number of amidine groups is 1. The molecule has 4 aliphatic heterocycles. The Labute approximate surface area is 434 Å². The highest BCUT2D eigenvalue weighted by molar-refractivity contribution is 7.11. The van der Waals surface area contributed by atoms with Crippen LogP contribution in [0.25, 0.3) is 11.3 Å². The van der Waals surface area contributed by atoms with E-state index in [1.807, 2.05) is 40.8 Å². The molecule has 0 radical (unpaired) electrons. The molecular formula is C53H66ClFN8O9S. The van der Waals surface area contributed by atoms with Crippen LogP contribution in [0.2, 0.25) is 5.02 Å². The number of fused-ring (bicyclic) bond motifs is 4. The molecule has 17 nitrogen and oxygen atoms in total. The summed E-state index contributed by atoms with van der Waals surface area (Å²) in [7, 11) is 1.58. The number of ether oxygens (including phenoxy) is 3. The second-order valence-electron chi connectivity index (χ2n) is 20.8. The minimum atomic E-state index is -1.87. The predicted molar refractivity (Wildman–Crippen MR) is 276 cm³/mol. The number of carbonyl (C=O) groups excluding carboxylic acids is 3. The number of rotatable bonds is 19. The van der Waals surface area contributed by atoms with Gasteiger partial charge in [0.25, 0.3) is 0 Å². The van der Waals surface area contributed by atoms with E-state index in [1.165, 1.54) is 29.5 Å². The predicted octanol–water partition coefficient (Wildman–Crippen LogP) is 7.01. The van der Waals surface area contributed by atoms with Crippen LogP contribution in [0.5, 0.6) is 11.5 Å². The molecule has 0 saturated carbocycles. The first-order valence-electron chi connectivity index (χ1n) is 24.9. The van der Waals surface area contributed by atoms with Gasteiger partial charge in [0.05, 0.1) is 53.6 Å². The lowest BCUT2D eigenvalue weighted by Crippen LogP contribution is -2.53. The Morgan fingerprint density at radius 2 is 1.82 bits per heavy atom. The fraction of sp³-hybridized carbons (Fsp3) is 0.509. The summed E-state index contributed by atoms with van der Waals surface area (Å²) in [4.78, 5) is 69.0. The normalized spacial score (nSPS) is 19.0. The van der Waals surface area contributed by atoms with E-state index in [0.29, 0.717) is 85.0 Å². The number of piperazine rings is 1. The third-order valence-corrected chi connectivity index (χ3v) is 15.2. The molecule has 2 aromatic carbocycles. The highest BCUT2D eigenvalue weighted by Gasteiger charge is 2.45. The van der Waals surface area contributed by atoms with E-state index in [-0.39, 0.29) is 65.3 Å². The van der Waals surface area contributed by atoms with Crippen molar-refractivity contribution in [3.63, 3.8) is 0 Å².